The van der Waals surface area contributed by atoms with Crippen molar-refractivity contribution in [2.75, 3.05) is 22.5 Å². The summed E-state index contributed by atoms with van der Waals surface area (Å²) in [6, 6.07) is 4.37. The van der Waals surface area contributed by atoms with Crippen molar-refractivity contribution < 1.29 is 22.8 Å². The lowest BCUT2D eigenvalue weighted by Crippen LogP contribution is -2.43. The van der Waals surface area contributed by atoms with Crippen LogP contribution >= 0.6 is 11.6 Å². The topological polar surface area (TPSA) is 106 Å². The smallest absolute Gasteiger partial charge is 0.383 e. The summed E-state index contributed by atoms with van der Waals surface area (Å²) in [6.07, 6.45) is -1.95. The van der Waals surface area contributed by atoms with E-state index >= 15 is 0 Å². The second-order valence-electron chi connectivity index (χ2n) is 7.66. The molecule has 2 amide bonds. The molecule has 33 heavy (non-hydrogen) atoms. The number of amides is 2. The van der Waals surface area contributed by atoms with Gasteiger partial charge in [0.1, 0.15) is 5.82 Å². The van der Waals surface area contributed by atoms with E-state index in [1.807, 2.05) is 0 Å². The lowest BCUT2D eigenvalue weighted by atomic mass is 10.1. The summed E-state index contributed by atoms with van der Waals surface area (Å²) in [5.41, 5.74) is 6.01. The maximum Gasteiger partial charge on any atom is 0.417 e. The van der Waals surface area contributed by atoms with Crippen molar-refractivity contribution in [1.29, 1.82) is 0 Å². The Labute approximate surface area is 191 Å². The second kappa shape index (κ2) is 8.07. The predicted molar refractivity (Wildman–Crippen MR) is 116 cm³/mol. The minimum atomic E-state index is -4.61. The summed E-state index contributed by atoms with van der Waals surface area (Å²) in [7, 11) is 0. The van der Waals surface area contributed by atoms with E-state index in [4.69, 9.17) is 17.3 Å². The Kier molecular flexibility index (Phi) is 5.52. The maximum atomic E-state index is 13.3. The van der Waals surface area contributed by atoms with Crippen LogP contribution in [-0.4, -0.2) is 33.1 Å². The van der Waals surface area contributed by atoms with Crippen LogP contribution in [0.25, 0.3) is 0 Å². The normalized spacial score (nSPS) is 16.0. The largest absolute Gasteiger partial charge is 0.417 e. The summed E-state index contributed by atoms with van der Waals surface area (Å²) < 4.78 is 40.6. The van der Waals surface area contributed by atoms with Crippen LogP contribution in [0.1, 0.15) is 44.9 Å². The quantitative estimate of drug-likeness (QED) is 0.583. The molecule has 0 unspecified atom stereocenters. The number of fused-ring (bicyclic) bond motifs is 1. The number of rotatable bonds is 3. The highest BCUT2D eigenvalue weighted by molar-refractivity contribution is 6.31. The molecular weight excluding hydrogens is 461 g/mol. The van der Waals surface area contributed by atoms with Crippen LogP contribution in [0, 0.1) is 6.92 Å². The van der Waals surface area contributed by atoms with Gasteiger partial charge in [-0.1, -0.05) is 11.6 Å². The number of nitrogen functional groups attached to an aromatic ring is 1. The molecule has 0 saturated carbocycles. The number of carbonyl (C=O) groups excluding carboxylic acids is 2. The SMILES string of the molecule is Cc1cc(C(=O)Nc2cnn3c2C(=O)N(c2ccc(C(F)(F)F)c(Cl)c2)C[C@@H]3C)cnc1N. The number of nitrogens with zero attached hydrogens (tertiary/aromatic N) is 4. The summed E-state index contributed by atoms with van der Waals surface area (Å²) in [5.74, 6) is -0.760. The number of halogens is 4. The zero-order valence-corrected chi connectivity index (χ0v) is 18.2. The molecule has 0 aliphatic carbocycles. The Morgan fingerprint density at radius 2 is 2.00 bits per heavy atom. The van der Waals surface area contributed by atoms with Crippen molar-refractivity contribution in [3.63, 3.8) is 0 Å². The van der Waals surface area contributed by atoms with Gasteiger partial charge in [-0.15, -0.1) is 0 Å². The Hall–Kier alpha value is -3.60. The number of aromatic nitrogens is 3. The molecule has 3 aromatic rings. The van der Waals surface area contributed by atoms with Gasteiger partial charge >= 0.3 is 6.18 Å². The average molecular weight is 479 g/mol. The van der Waals surface area contributed by atoms with Crippen molar-refractivity contribution in [1.82, 2.24) is 14.8 Å². The summed E-state index contributed by atoms with van der Waals surface area (Å²) in [5, 5.41) is 6.34. The van der Waals surface area contributed by atoms with E-state index in [1.54, 1.807) is 19.9 Å². The average Bonchev–Trinajstić information content (AvgIpc) is 3.16. The molecule has 0 fully saturated rings. The number of pyridine rings is 1. The van der Waals surface area contributed by atoms with E-state index in [9.17, 15) is 22.8 Å². The van der Waals surface area contributed by atoms with Crippen LogP contribution in [-0.2, 0) is 6.18 Å². The first-order chi connectivity index (χ1) is 15.5. The molecule has 1 aliphatic heterocycles. The Bertz CT molecular complexity index is 1270. The van der Waals surface area contributed by atoms with Gasteiger partial charge in [-0.05, 0) is 43.7 Å². The molecule has 172 valence electrons. The third-order valence-electron chi connectivity index (χ3n) is 5.31. The number of benzene rings is 1. The molecule has 3 heterocycles. The van der Waals surface area contributed by atoms with Crippen molar-refractivity contribution >= 4 is 40.6 Å². The fourth-order valence-corrected chi connectivity index (χ4v) is 3.86. The number of hydrogen-bond acceptors (Lipinski definition) is 5. The van der Waals surface area contributed by atoms with E-state index in [2.05, 4.69) is 15.4 Å². The fraction of sp³-hybridized carbons (Fsp3) is 0.238. The van der Waals surface area contributed by atoms with Gasteiger partial charge in [-0.2, -0.15) is 18.3 Å². The number of anilines is 3. The highest BCUT2D eigenvalue weighted by Crippen LogP contribution is 2.38. The maximum absolute atomic E-state index is 13.3. The zero-order chi connectivity index (χ0) is 24.1. The van der Waals surface area contributed by atoms with Gasteiger partial charge in [0.2, 0.25) is 0 Å². The first-order valence-corrected chi connectivity index (χ1v) is 10.1. The molecular formula is C21H18ClF3N6O2. The Morgan fingerprint density at radius 3 is 2.64 bits per heavy atom. The molecule has 4 rings (SSSR count). The number of nitrogens with one attached hydrogen (secondary N) is 1. The van der Waals surface area contributed by atoms with Crippen LogP contribution in [0.15, 0.2) is 36.7 Å². The van der Waals surface area contributed by atoms with Crippen molar-refractivity contribution in [2.24, 2.45) is 0 Å². The molecule has 1 atom stereocenters. The van der Waals surface area contributed by atoms with Crippen LogP contribution < -0.4 is 16.0 Å². The summed E-state index contributed by atoms with van der Waals surface area (Å²) >= 11 is 5.84. The zero-order valence-electron chi connectivity index (χ0n) is 17.4. The van der Waals surface area contributed by atoms with E-state index < -0.39 is 28.6 Å². The molecule has 1 aliphatic rings. The number of nitrogens with two attached hydrogens (primary N) is 1. The molecule has 12 heteroatoms. The van der Waals surface area contributed by atoms with Crippen molar-refractivity contribution in [3.05, 3.63) is 64.1 Å². The van der Waals surface area contributed by atoms with Gasteiger partial charge in [0.05, 0.1) is 34.1 Å². The van der Waals surface area contributed by atoms with E-state index in [0.717, 1.165) is 12.1 Å². The van der Waals surface area contributed by atoms with E-state index in [0.29, 0.717) is 11.4 Å². The first kappa shape index (κ1) is 22.6. The van der Waals surface area contributed by atoms with Gasteiger partial charge in [0, 0.05) is 18.4 Å². The summed E-state index contributed by atoms with van der Waals surface area (Å²) in [4.78, 5) is 31.2. The summed E-state index contributed by atoms with van der Waals surface area (Å²) in [6.45, 7) is 3.66. The predicted octanol–water partition coefficient (Wildman–Crippen LogP) is 4.31. The minimum Gasteiger partial charge on any atom is -0.383 e. The van der Waals surface area contributed by atoms with Crippen molar-refractivity contribution in [2.45, 2.75) is 26.1 Å². The Morgan fingerprint density at radius 1 is 1.27 bits per heavy atom. The molecule has 2 aromatic heterocycles. The Balaban J connectivity index is 1.65. The van der Waals surface area contributed by atoms with E-state index in [-0.39, 0.29) is 35.2 Å². The molecule has 0 radical (unpaired) electrons. The highest BCUT2D eigenvalue weighted by atomic mass is 35.5. The van der Waals surface area contributed by atoms with Crippen LogP contribution in [0.4, 0.5) is 30.4 Å². The second-order valence-corrected chi connectivity index (χ2v) is 8.07. The highest BCUT2D eigenvalue weighted by Gasteiger charge is 2.36. The number of carbonyl (C=O) groups is 2. The third-order valence-corrected chi connectivity index (χ3v) is 5.62. The van der Waals surface area contributed by atoms with Crippen LogP contribution in [0.3, 0.4) is 0 Å². The van der Waals surface area contributed by atoms with Crippen LogP contribution in [0.2, 0.25) is 5.02 Å². The van der Waals surface area contributed by atoms with Crippen molar-refractivity contribution in [3.8, 4) is 0 Å². The number of alkyl halides is 3. The van der Waals surface area contributed by atoms with E-state index in [1.165, 1.54) is 28.0 Å². The number of hydrogen-bond donors (Lipinski definition) is 2. The van der Waals surface area contributed by atoms with Gasteiger partial charge in [-0.3, -0.25) is 14.3 Å². The third kappa shape index (κ3) is 4.11. The van der Waals surface area contributed by atoms with Gasteiger partial charge in [0.15, 0.2) is 5.69 Å². The standard InChI is InChI=1S/C21H18ClF3N6O2/c1-10-5-12(7-27-18(10)26)19(32)29-16-8-28-31-11(2)9-30(20(33)17(16)31)13-3-4-14(15(22)6-13)21(23,24)25/h3-8,11H,9H2,1-2H3,(H2,26,27)(H,29,32)/t11-/m0/s1. The van der Waals surface area contributed by atoms with Gasteiger partial charge < -0.3 is 16.0 Å². The lowest BCUT2D eigenvalue weighted by Gasteiger charge is -2.32. The number of aryl methyl sites for hydroxylation is 1. The fourth-order valence-electron chi connectivity index (χ4n) is 3.58. The molecule has 1 aromatic carbocycles. The minimum absolute atomic E-state index is 0.0956. The molecule has 3 N–H and O–H groups in total. The molecule has 0 spiro atoms. The molecule has 8 nitrogen and oxygen atoms in total. The monoisotopic (exact) mass is 478 g/mol. The van der Waals surface area contributed by atoms with Gasteiger partial charge in [0.25, 0.3) is 11.8 Å². The lowest BCUT2D eigenvalue weighted by molar-refractivity contribution is -0.137. The molecule has 0 bridgehead atoms. The molecule has 0 saturated heterocycles. The van der Waals surface area contributed by atoms with Gasteiger partial charge in [-0.25, -0.2) is 4.98 Å². The first-order valence-electron chi connectivity index (χ1n) is 9.77. The van der Waals surface area contributed by atoms with Crippen LogP contribution in [0.5, 0.6) is 0 Å².